The first-order chi connectivity index (χ1) is 62.2. The van der Waals surface area contributed by atoms with E-state index in [9.17, 15) is 103 Å². The SMILES string of the molecule is CC[C@@H]1NC(=O)[C@H]([C@@H](C)O)NC(=O)[C@@H](CC(=O)[C@H](C)NC(=O)CN(C)C(=O)CCN)CSCCS(=O)(=O)c2cc3cc(c2)S(=O)(=O)CCSC[C@H](NC1=O)C(=O)N[C@@H](Cc1c[nH]c2ccccc12)C(=O)N[C@@H](C(C)C)C(=O)N[C@@H](CC(=O)O)C(=O)NCC(=O)N[C@@H](Cc1c[nH]c2ccccc12)C(=O)N[C@@H](C(C)C)C(=O)N1CCC[C@H]1C(=O)N[C@H](C(N)=O)CSCCS3(=O)=O.O=C=O. The highest BCUT2D eigenvalue weighted by atomic mass is 32.2. The molecule has 0 aliphatic carbocycles. The first-order valence-corrected chi connectivity index (χ1v) is 50.6. The molecule has 722 valence electrons. The van der Waals surface area contributed by atoms with Crippen LogP contribution in [0.3, 0.4) is 0 Å². The number of hydrogen-bond donors (Lipinski definition) is 17. The van der Waals surface area contributed by atoms with Gasteiger partial charge in [-0.1, -0.05) is 71.0 Å². The van der Waals surface area contributed by atoms with Crippen molar-refractivity contribution in [3.63, 3.8) is 0 Å². The lowest BCUT2D eigenvalue weighted by molar-refractivity contribution is -0.192. The van der Waals surface area contributed by atoms with Crippen molar-refractivity contribution in [3.8, 4) is 0 Å². The van der Waals surface area contributed by atoms with Gasteiger partial charge in [-0.15, -0.1) is 0 Å². The molecular weight excluding hydrogens is 1840 g/mol. The normalized spacial score (nSPS) is 24.2. The number of aliphatic hydroxyl groups is 1. The summed E-state index contributed by atoms with van der Waals surface area (Å²) in [4.78, 5) is 249. The van der Waals surface area contributed by atoms with Crippen LogP contribution in [0.2, 0.25) is 0 Å². The molecular formula is C83H113N17O26S6. The first-order valence-electron chi connectivity index (χ1n) is 42.2. The van der Waals surface area contributed by atoms with E-state index in [4.69, 9.17) is 21.1 Å². The van der Waals surface area contributed by atoms with Crippen molar-refractivity contribution in [3.05, 3.63) is 90.3 Å². The molecule has 4 bridgehead atoms. The molecule has 3 aliphatic rings. The van der Waals surface area contributed by atoms with E-state index in [0.717, 1.165) is 53.5 Å². The fourth-order valence-corrected chi connectivity index (χ4v) is 23.2. The average Bonchev–Trinajstić information content (AvgIpc) is 1.14. The number of carbonyl (C=O) groups is 16. The molecule has 1 fully saturated rings. The number of ketones is 1. The number of carbonyl (C=O) groups excluding carboxylic acids is 17. The highest BCUT2D eigenvalue weighted by Gasteiger charge is 2.43. The van der Waals surface area contributed by atoms with E-state index >= 15 is 9.59 Å². The zero-order valence-corrected chi connectivity index (χ0v) is 78.6. The molecule has 2 aromatic heterocycles. The molecule has 43 nitrogen and oxygen atoms in total. The second-order valence-corrected chi connectivity index (χ2v) is 42.2. The molecule has 0 spiro atoms. The summed E-state index contributed by atoms with van der Waals surface area (Å²) in [5.41, 5.74) is 13.4. The minimum absolute atomic E-state index is 0.0259. The van der Waals surface area contributed by atoms with Gasteiger partial charge in [0, 0.05) is 115 Å². The number of amides is 14. The quantitative estimate of drug-likeness (QED) is 0.0382. The Morgan fingerprint density at radius 3 is 1.56 bits per heavy atom. The van der Waals surface area contributed by atoms with E-state index in [1.54, 1.807) is 68.6 Å². The van der Waals surface area contributed by atoms with Crippen LogP contribution >= 0.6 is 35.3 Å². The molecule has 0 radical (unpaired) electrons. The van der Waals surface area contributed by atoms with Gasteiger partial charge in [-0.3, -0.25) is 76.7 Å². The molecule has 1 saturated heterocycles. The molecule has 19 N–H and O–H groups in total. The maximum absolute atomic E-state index is 15.4. The van der Waals surface area contributed by atoms with Crippen molar-refractivity contribution in [1.29, 1.82) is 0 Å². The van der Waals surface area contributed by atoms with Crippen LogP contribution in [0.25, 0.3) is 21.8 Å². The van der Waals surface area contributed by atoms with Gasteiger partial charge in [0.2, 0.25) is 82.7 Å². The predicted octanol–water partition coefficient (Wildman–Crippen LogP) is -3.48. The third-order valence-corrected chi connectivity index (χ3v) is 30.9. The summed E-state index contributed by atoms with van der Waals surface area (Å²) in [6, 6.07) is -2.13. The number of primary amides is 1. The summed E-state index contributed by atoms with van der Waals surface area (Å²) >= 11 is 2.23. The summed E-state index contributed by atoms with van der Waals surface area (Å²) in [7, 11) is -13.1. The lowest BCUT2D eigenvalue weighted by Gasteiger charge is -2.32. The van der Waals surface area contributed by atoms with E-state index in [1.807, 2.05) is 0 Å². The van der Waals surface area contributed by atoms with E-state index in [-0.39, 0.29) is 51.3 Å². The molecule has 5 aromatic rings. The Kier molecular flexibility index (Phi) is 40.8. The number of nitrogens with two attached hydrogens (primary N) is 2. The lowest BCUT2D eigenvalue weighted by Crippen LogP contribution is -2.61. The van der Waals surface area contributed by atoms with Gasteiger partial charge in [0.25, 0.3) is 0 Å². The zero-order valence-electron chi connectivity index (χ0n) is 73.7. The van der Waals surface area contributed by atoms with Crippen LogP contribution in [0.15, 0.2) is 93.8 Å². The van der Waals surface area contributed by atoms with Crippen LogP contribution in [0.1, 0.15) is 98.1 Å². The molecule has 8 rings (SSSR count). The number of aromatic amines is 2. The van der Waals surface area contributed by atoms with Gasteiger partial charge in [-0.25, -0.2) is 25.3 Å². The largest absolute Gasteiger partial charge is 0.481 e. The maximum atomic E-state index is 15.4. The summed E-state index contributed by atoms with van der Waals surface area (Å²) in [6.07, 6.45) is -1.04. The number of carboxylic acid groups (broad SMARTS) is 1. The van der Waals surface area contributed by atoms with E-state index < -0.39 is 313 Å². The van der Waals surface area contributed by atoms with Crippen molar-refractivity contribution in [2.45, 2.75) is 187 Å². The molecule has 0 unspecified atom stereocenters. The van der Waals surface area contributed by atoms with Crippen molar-refractivity contribution in [2.75, 3.05) is 85.0 Å². The standard InChI is InChI=1S/C82H113N17O24S6.CO2/c1-9-55-75(110)94-62-42-126-25-28-129(122,123)52-33-50(127(118,119)26-23-124-40-49(73(108)97-71(46(7)100)81(116)90-55)31-64(101)45(6)88-66(103)39-98(8)67(104)20-21-83)32-51(34-52)128(120,121)27-24-125-41-61(72(84)107)93-79(114)63-19-14-22-99(63)82(117)70(44(4)5)96-76(111)58(29-47-36-85-56-17-12-10-15-53(47)56)89-65(102)38-87-74(109)60(35-68(105)106)92-80(115)69(43(2)3)95-77(112)59(91-78(62)113)30-48-37-86-57-18-13-11-16-54(48)57;2-1-3/h10-13,15-18,32-34,36-37,43-46,49,55,58-63,69-71,85-86,100H,9,14,19-31,35,38-42,83H2,1-8H3,(H2,84,107)(H,87,109)(H,88,103)(H,89,102)(H,90,116)(H,91,113)(H,92,115)(H,93,114)(H,94,110)(H,95,112)(H,96,111)(H,97,108)(H,105,106);/t45-,46+,49-,55-,58-,59-,60-,61-,62-,63-,69-,70-,71-;/m0./s1. The number of hydrogen-bond acceptors (Lipinski definition) is 29. The number of thioether (sulfide) groups is 3. The summed E-state index contributed by atoms with van der Waals surface area (Å²) in [6.45, 7) is 8.40. The fourth-order valence-electron chi connectivity index (χ4n) is 14.4. The van der Waals surface area contributed by atoms with Crippen molar-refractivity contribution < 1.29 is 122 Å². The van der Waals surface area contributed by atoms with Gasteiger partial charge in [0.15, 0.2) is 35.3 Å². The number of aromatic nitrogens is 2. The zero-order chi connectivity index (χ0) is 97.8. The second kappa shape index (κ2) is 49.9. The van der Waals surface area contributed by atoms with Gasteiger partial charge in [0.05, 0.1) is 69.5 Å². The van der Waals surface area contributed by atoms with Gasteiger partial charge in [-0.2, -0.15) is 44.9 Å². The number of likely N-dealkylation sites (N-methyl/N-ethyl adjacent to an activating group) is 1. The van der Waals surface area contributed by atoms with Crippen LogP contribution in [-0.4, -0.2) is 313 Å². The highest BCUT2D eigenvalue weighted by Crippen LogP contribution is 2.30. The lowest BCUT2D eigenvalue weighted by atomic mass is 9.98. The fraction of sp³-hybridized carbons (Fsp3) is 0.530. The van der Waals surface area contributed by atoms with Crippen LogP contribution in [0.4, 0.5) is 0 Å². The third kappa shape index (κ3) is 30.9. The Labute approximate surface area is 774 Å². The Hall–Kier alpha value is -11.3. The summed E-state index contributed by atoms with van der Waals surface area (Å²) < 4.78 is 88.6. The predicted molar refractivity (Wildman–Crippen MR) is 484 cm³/mol. The van der Waals surface area contributed by atoms with Gasteiger partial charge < -0.3 is 99.9 Å². The number of benzene rings is 3. The van der Waals surface area contributed by atoms with E-state index in [0.29, 0.717) is 44.7 Å². The van der Waals surface area contributed by atoms with E-state index in [2.05, 4.69) is 68.5 Å². The van der Waals surface area contributed by atoms with Crippen LogP contribution < -0.4 is 70.0 Å². The third-order valence-electron chi connectivity index (χ3n) is 21.8. The number of aliphatic carboxylic acids is 1. The smallest absolute Gasteiger partial charge is 0.373 e. The molecule has 5 heterocycles. The molecule has 14 amide bonds. The molecule has 0 saturated carbocycles. The number of aliphatic hydroxyl groups excluding tert-OH is 1. The Bertz CT molecular complexity index is 5470. The number of carboxylic acids is 1. The number of Topliss-reactive ketones (excluding diaryl/α,β-unsaturated/α-hetero) is 1. The number of nitrogens with zero attached hydrogens (tertiary/aromatic N) is 2. The second-order valence-electron chi connectivity index (χ2n) is 32.4. The van der Waals surface area contributed by atoms with E-state index in [1.165, 1.54) is 45.8 Å². The van der Waals surface area contributed by atoms with Gasteiger partial charge in [0.1, 0.15) is 60.4 Å². The Morgan fingerprint density at radius 1 is 0.576 bits per heavy atom. The molecule has 3 aliphatic heterocycles. The van der Waals surface area contributed by atoms with Crippen molar-refractivity contribution in [2.24, 2.45) is 29.2 Å². The van der Waals surface area contributed by atoms with Gasteiger partial charge in [-0.05, 0) is 86.4 Å². The first kappa shape index (κ1) is 108. The number of para-hydroxylation sites is 2. The molecule has 49 heteroatoms. The van der Waals surface area contributed by atoms with Crippen LogP contribution in [-0.2, 0) is 129 Å². The van der Waals surface area contributed by atoms with Crippen LogP contribution in [0.5, 0.6) is 0 Å². The minimum Gasteiger partial charge on any atom is -0.481 e. The Morgan fingerprint density at radius 2 is 1.05 bits per heavy atom. The topological polar surface area (TPSA) is 673 Å². The maximum Gasteiger partial charge on any atom is 0.373 e. The number of H-pyrrole nitrogens is 2. The minimum atomic E-state index is -4.85. The molecule has 13 atom stereocenters. The number of nitrogens with one attached hydrogen (secondary N) is 13. The number of rotatable bonds is 19. The highest BCUT2D eigenvalue weighted by molar-refractivity contribution is 8.01. The monoisotopic (exact) mass is 1960 g/mol. The summed E-state index contributed by atoms with van der Waals surface area (Å²) in [5, 5.41) is 50.1. The van der Waals surface area contributed by atoms with Gasteiger partial charge >= 0.3 is 12.1 Å². The Balaban J connectivity index is 0.00000782. The van der Waals surface area contributed by atoms with Crippen molar-refractivity contribution >= 4 is 187 Å². The molecule has 132 heavy (non-hydrogen) atoms. The summed E-state index contributed by atoms with van der Waals surface area (Å²) in [5.74, 6) is -25.3. The molecule has 3 aromatic carbocycles. The number of fused-ring (bicyclic) bond motifs is 10. The van der Waals surface area contributed by atoms with Crippen LogP contribution in [0, 0.1) is 17.8 Å². The average molecular weight is 1960 g/mol. The van der Waals surface area contributed by atoms with Crippen molar-refractivity contribution in [1.82, 2.24) is 78.3 Å². The number of sulfone groups is 3.